The molecular formula is C18H18N4OS. The van der Waals surface area contributed by atoms with Crippen LogP contribution in [0.5, 0.6) is 0 Å². The summed E-state index contributed by atoms with van der Waals surface area (Å²) in [7, 11) is 0. The molecule has 0 saturated heterocycles. The molecule has 122 valence electrons. The van der Waals surface area contributed by atoms with Gasteiger partial charge in [0.2, 0.25) is 6.04 Å². The highest BCUT2D eigenvalue weighted by Gasteiger charge is 2.50. The summed E-state index contributed by atoms with van der Waals surface area (Å²) in [6.07, 6.45) is 7.22. The van der Waals surface area contributed by atoms with E-state index in [4.69, 9.17) is 12.6 Å². The molecule has 2 aromatic rings. The molecule has 24 heavy (non-hydrogen) atoms. The number of rotatable bonds is 2. The van der Waals surface area contributed by atoms with Gasteiger partial charge in [-0.2, -0.15) is 9.83 Å². The molecule has 6 heteroatoms. The van der Waals surface area contributed by atoms with Gasteiger partial charge < -0.3 is 23.1 Å². The van der Waals surface area contributed by atoms with Gasteiger partial charge >= 0.3 is 0 Å². The molecule has 5 nitrogen and oxygen atoms in total. The molecule has 0 aromatic carbocycles. The predicted molar refractivity (Wildman–Crippen MR) is 91.2 cm³/mol. The third kappa shape index (κ3) is 2.84. The SMILES string of the molecule is Cc1ccc[n+]([C@@H]2[C@@H](c3ccncc3)C(C#N)=C([S-])N[C@]2(C)O)c1. The van der Waals surface area contributed by atoms with Crippen molar-refractivity contribution in [2.45, 2.75) is 31.5 Å². The molecule has 0 radical (unpaired) electrons. The maximum atomic E-state index is 11.0. The molecule has 0 saturated carbocycles. The van der Waals surface area contributed by atoms with Crippen molar-refractivity contribution in [3.05, 3.63) is 70.8 Å². The van der Waals surface area contributed by atoms with E-state index in [1.54, 1.807) is 19.3 Å². The van der Waals surface area contributed by atoms with Crippen molar-refractivity contribution >= 4 is 12.6 Å². The van der Waals surface area contributed by atoms with Crippen molar-refractivity contribution in [2.75, 3.05) is 0 Å². The van der Waals surface area contributed by atoms with Crippen LogP contribution in [-0.4, -0.2) is 15.8 Å². The van der Waals surface area contributed by atoms with Crippen LogP contribution in [0.15, 0.2) is 59.7 Å². The van der Waals surface area contributed by atoms with E-state index in [1.165, 1.54) is 0 Å². The minimum atomic E-state index is -1.30. The molecule has 0 fully saturated rings. The number of aromatic nitrogens is 2. The maximum absolute atomic E-state index is 11.0. The minimum Gasteiger partial charge on any atom is -0.762 e. The molecule has 3 atom stereocenters. The van der Waals surface area contributed by atoms with E-state index >= 15 is 0 Å². The number of hydrogen-bond acceptors (Lipinski definition) is 5. The maximum Gasteiger partial charge on any atom is 0.216 e. The summed E-state index contributed by atoms with van der Waals surface area (Å²) in [5.41, 5.74) is 1.10. The van der Waals surface area contributed by atoms with Gasteiger partial charge in [-0.3, -0.25) is 4.98 Å². The Morgan fingerprint density at radius 1 is 1.38 bits per heavy atom. The Kier molecular flexibility index (Phi) is 4.22. The van der Waals surface area contributed by atoms with Gasteiger partial charge in [-0.15, -0.1) is 0 Å². The van der Waals surface area contributed by atoms with Gasteiger partial charge in [-0.05, 0) is 37.6 Å². The number of nitrogens with one attached hydrogen (secondary N) is 1. The fraction of sp³-hybridized carbons (Fsp3) is 0.278. The van der Waals surface area contributed by atoms with Gasteiger partial charge in [-0.25, -0.2) is 0 Å². The van der Waals surface area contributed by atoms with Crippen LogP contribution in [0.4, 0.5) is 0 Å². The van der Waals surface area contributed by atoms with E-state index in [-0.39, 0.29) is 10.9 Å². The van der Waals surface area contributed by atoms with Crippen LogP contribution in [0.25, 0.3) is 0 Å². The van der Waals surface area contributed by atoms with E-state index in [0.717, 1.165) is 11.1 Å². The van der Waals surface area contributed by atoms with Gasteiger partial charge in [0.05, 0.1) is 12.0 Å². The van der Waals surface area contributed by atoms with Crippen molar-refractivity contribution in [2.24, 2.45) is 0 Å². The van der Waals surface area contributed by atoms with E-state index in [1.807, 2.05) is 48.1 Å². The van der Waals surface area contributed by atoms with Crippen molar-refractivity contribution < 1.29 is 9.67 Å². The summed E-state index contributed by atoms with van der Waals surface area (Å²) in [6.45, 7) is 3.67. The number of nitrogens with zero attached hydrogens (tertiary/aromatic N) is 3. The summed E-state index contributed by atoms with van der Waals surface area (Å²) in [5, 5.41) is 23.9. The lowest BCUT2D eigenvalue weighted by Gasteiger charge is -2.43. The number of nitriles is 1. The molecule has 1 aliphatic heterocycles. The first kappa shape index (κ1) is 16.4. The lowest BCUT2D eigenvalue weighted by molar-refractivity contribution is -0.741. The van der Waals surface area contributed by atoms with E-state index in [2.05, 4.69) is 16.4 Å². The normalized spacial score (nSPS) is 26.6. The van der Waals surface area contributed by atoms with Gasteiger partial charge in [0, 0.05) is 29.6 Å². The molecule has 2 aromatic heterocycles. The lowest BCUT2D eigenvalue weighted by atomic mass is 9.78. The zero-order valence-electron chi connectivity index (χ0n) is 13.5. The Hall–Kier alpha value is -2.49. The average molecular weight is 338 g/mol. The molecular weight excluding hydrogens is 320 g/mol. The van der Waals surface area contributed by atoms with Gasteiger partial charge in [0.1, 0.15) is 0 Å². The van der Waals surface area contributed by atoms with Gasteiger partial charge in [-0.1, -0.05) is 5.03 Å². The number of pyridine rings is 2. The lowest BCUT2D eigenvalue weighted by Crippen LogP contribution is -2.63. The standard InChI is InChI=1S/C18H18N4OS/c1-12-4-3-9-22(11-12)16-15(13-5-7-20-8-6-13)14(10-19)17(24)21-18(16,2)23/h3-9,11,15-16,21,23H,1-2H3/t15-,16+,18+/m0/s1. The average Bonchev–Trinajstić information content (AvgIpc) is 2.54. The highest BCUT2D eigenvalue weighted by Crippen LogP contribution is 2.41. The molecule has 0 bridgehead atoms. The highest BCUT2D eigenvalue weighted by atomic mass is 32.1. The first-order valence-electron chi connectivity index (χ1n) is 7.63. The summed E-state index contributed by atoms with van der Waals surface area (Å²) < 4.78 is 1.94. The first-order chi connectivity index (χ1) is 11.4. The predicted octanol–water partition coefficient (Wildman–Crippen LogP) is 1.60. The highest BCUT2D eigenvalue weighted by molar-refractivity contribution is 7.63. The van der Waals surface area contributed by atoms with Crippen LogP contribution in [0, 0.1) is 18.3 Å². The molecule has 3 rings (SSSR count). The summed E-state index contributed by atoms with van der Waals surface area (Å²) >= 11 is 5.33. The van der Waals surface area contributed by atoms with Crippen molar-refractivity contribution in [3.63, 3.8) is 0 Å². The Morgan fingerprint density at radius 2 is 2.08 bits per heavy atom. The third-order valence-corrected chi connectivity index (χ3v) is 4.61. The van der Waals surface area contributed by atoms with Crippen molar-refractivity contribution in [1.29, 1.82) is 5.26 Å². The van der Waals surface area contributed by atoms with Crippen LogP contribution in [0.2, 0.25) is 0 Å². The van der Waals surface area contributed by atoms with Crippen LogP contribution < -0.4 is 9.88 Å². The molecule has 3 heterocycles. The zero-order chi connectivity index (χ0) is 17.3. The smallest absolute Gasteiger partial charge is 0.216 e. The summed E-state index contributed by atoms with van der Waals surface area (Å²) in [4.78, 5) is 4.05. The number of aliphatic hydroxyl groups is 1. The van der Waals surface area contributed by atoms with Crippen LogP contribution in [0.1, 0.15) is 30.0 Å². The molecule has 0 amide bonds. The Labute approximate surface area is 146 Å². The minimum absolute atomic E-state index is 0.286. The van der Waals surface area contributed by atoms with E-state index in [9.17, 15) is 10.4 Å². The largest absolute Gasteiger partial charge is 0.762 e. The van der Waals surface area contributed by atoms with Gasteiger partial charge in [0.25, 0.3) is 0 Å². The second-order valence-corrected chi connectivity index (χ2v) is 6.57. The fourth-order valence-electron chi connectivity index (χ4n) is 3.29. The molecule has 0 aliphatic carbocycles. The zero-order valence-corrected chi connectivity index (χ0v) is 14.3. The first-order valence-corrected chi connectivity index (χ1v) is 8.04. The second kappa shape index (κ2) is 6.19. The van der Waals surface area contributed by atoms with Crippen LogP contribution >= 0.6 is 0 Å². The fourth-order valence-corrected chi connectivity index (χ4v) is 3.66. The third-order valence-electron chi connectivity index (χ3n) is 4.29. The van der Waals surface area contributed by atoms with Crippen LogP contribution in [0.3, 0.4) is 0 Å². The summed E-state index contributed by atoms with van der Waals surface area (Å²) in [5.74, 6) is -0.367. The van der Waals surface area contributed by atoms with Gasteiger partial charge in [0.15, 0.2) is 18.1 Å². The molecule has 0 unspecified atom stereocenters. The van der Waals surface area contributed by atoms with Crippen molar-refractivity contribution in [3.8, 4) is 6.07 Å². The summed E-state index contributed by atoms with van der Waals surface area (Å²) in [6, 6.07) is 9.42. The van der Waals surface area contributed by atoms with E-state index in [0.29, 0.717) is 5.57 Å². The number of aryl methyl sites for hydroxylation is 1. The topological polar surface area (TPSA) is 72.8 Å². The Balaban J connectivity index is 2.24. The number of allylic oxidation sites excluding steroid dienone is 1. The molecule has 2 N–H and O–H groups in total. The molecule has 1 aliphatic rings. The number of hydrogen-bond donors (Lipinski definition) is 2. The Morgan fingerprint density at radius 3 is 2.71 bits per heavy atom. The monoisotopic (exact) mass is 338 g/mol. The van der Waals surface area contributed by atoms with E-state index < -0.39 is 11.8 Å². The molecule has 0 spiro atoms. The second-order valence-electron chi connectivity index (χ2n) is 6.16. The quantitative estimate of drug-likeness (QED) is 0.643. The van der Waals surface area contributed by atoms with Crippen molar-refractivity contribution in [1.82, 2.24) is 10.3 Å². The van der Waals surface area contributed by atoms with Crippen LogP contribution in [-0.2, 0) is 12.6 Å². The Bertz CT molecular complexity index is 826.